The summed E-state index contributed by atoms with van der Waals surface area (Å²) < 4.78 is 23.3. The van der Waals surface area contributed by atoms with Gasteiger partial charge in [0.1, 0.15) is 0 Å². The summed E-state index contributed by atoms with van der Waals surface area (Å²) in [6, 6.07) is 6.47. The van der Waals surface area contributed by atoms with Gasteiger partial charge < -0.3 is 4.90 Å². The lowest BCUT2D eigenvalue weighted by Gasteiger charge is -2.18. The van der Waals surface area contributed by atoms with Gasteiger partial charge in [0.15, 0.2) is 9.84 Å². The van der Waals surface area contributed by atoms with E-state index in [1.54, 1.807) is 18.2 Å². The summed E-state index contributed by atoms with van der Waals surface area (Å²) in [6.07, 6.45) is 1.38. The SMILES string of the molecule is CS(=O)(=O)c1ccccc1N1CC(Cl)CC1=O. The van der Waals surface area contributed by atoms with Crippen molar-refractivity contribution < 1.29 is 13.2 Å². The number of rotatable bonds is 2. The fraction of sp³-hybridized carbons (Fsp3) is 0.364. The van der Waals surface area contributed by atoms with Gasteiger partial charge in [-0.1, -0.05) is 12.1 Å². The largest absolute Gasteiger partial charge is 0.310 e. The van der Waals surface area contributed by atoms with E-state index < -0.39 is 9.84 Å². The summed E-state index contributed by atoms with van der Waals surface area (Å²) in [4.78, 5) is 13.3. The lowest BCUT2D eigenvalue weighted by Crippen LogP contribution is -2.26. The molecule has 0 aromatic heterocycles. The molecule has 4 nitrogen and oxygen atoms in total. The Bertz CT molecular complexity index is 556. The first-order valence-corrected chi connectivity index (χ1v) is 7.46. The minimum Gasteiger partial charge on any atom is -0.310 e. The summed E-state index contributed by atoms with van der Waals surface area (Å²) in [7, 11) is -3.35. The van der Waals surface area contributed by atoms with Crippen LogP contribution in [0.25, 0.3) is 0 Å². The average Bonchev–Trinajstić information content (AvgIpc) is 2.56. The third-order valence-electron chi connectivity index (χ3n) is 2.63. The van der Waals surface area contributed by atoms with Gasteiger partial charge in [0.05, 0.1) is 16.0 Å². The second-order valence-electron chi connectivity index (χ2n) is 4.05. The highest BCUT2D eigenvalue weighted by atomic mass is 35.5. The topological polar surface area (TPSA) is 54.5 Å². The smallest absolute Gasteiger partial charge is 0.228 e. The molecule has 0 spiro atoms. The zero-order valence-electron chi connectivity index (χ0n) is 9.26. The molecule has 1 heterocycles. The second kappa shape index (κ2) is 4.31. The maximum Gasteiger partial charge on any atom is 0.228 e. The first-order chi connectivity index (χ1) is 7.89. The molecule has 2 rings (SSSR count). The number of halogens is 1. The van der Waals surface area contributed by atoms with E-state index in [1.165, 1.54) is 11.0 Å². The molecule has 1 amide bonds. The Hall–Kier alpha value is -1.07. The van der Waals surface area contributed by atoms with Crippen LogP contribution in [0.3, 0.4) is 0 Å². The predicted molar refractivity (Wildman–Crippen MR) is 66.2 cm³/mol. The summed E-state index contributed by atoms with van der Waals surface area (Å²) in [5.41, 5.74) is 0.420. The molecule has 92 valence electrons. The van der Waals surface area contributed by atoms with Crippen molar-refractivity contribution in [3.8, 4) is 0 Å². The molecule has 6 heteroatoms. The fourth-order valence-corrected chi connectivity index (χ4v) is 3.04. The summed E-state index contributed by atoms with van der Waals surface area (Å²) in [5.74, 6) is -0.138. The van der Waals surface area contributed by atoms with E-state index >= 15 is 0 Å². The van der Waals surface area contributed by atoms with E-state index in [0.29, 0.717) is 12.2 Å². The number of nitrogens with zero attached hydrogens (tertiary/aromatic N) is 1. The zero-order chi connectivity index (χ0) is 12.6. The van der Waals surface area contributed by atoms with Gasteiger partial charge in [-0.25, -0.2) is 8.42 Å². The lowest BCUT2D eigenvalue weighted by atomic mass is 10.3. The molecule has 1 saturated heterocycles. The van der Waals surface area contributed by atoms with E-state index in [0.717, 1.165) is 6.26 Å². The van der Waals surface area contributed by atoms with Crippen LogP contribution in [-0.2, 0) is 14.6 Å². The van der Waals surface area contributed by atoms with Gasteiger partial charge in [-0.2, -0.15) is 0 Å². The van der Waals surface area contributed by atoms with Crippen LogP contribution in [0.2, 0.25) is 0 Å². The van der Waals surface area contributed by atoms with Crippen molar-refractivity contribution >= 4 is 33.0 Å². The Morgan fingerprint density at radius 1 is 1.35 bits per heavy atom. The average molecular weight is 274 g/mol. The maximum absolute atomic E-state index is 11.7. The molecular formula is C11H12ClNO3S. The number of carbonyl (C=O) groups is 1. The quantitative estimate of drug-likeness (QED) is 0.766. The molecular weight excluding hydrogens is 262 g/mol. The van der Waals surface area contributed by atoms with Crippen molar-refractivity contribution in [2.75, 3.05) is 17.7 Å². The van der Waals surface area contributed by atoms with Crippen molar-refractivity contribution in [3.63, 3.8) is 0 Å². The molecule has 1 aromatic carbocycles. The van der Waals surface area contributed by atoms with Crippen LogP contribution in [0.1, 0.15) is 6.42 Å². The van der Waals surface area contributed by atoms with Gasteiger partial charge in [0.25, 0.3) is 0 Å². The van der Waals surface area contributed by atoms with Crippen molar-refractivity contribution in [1.82, 2.24) is 0 Å². The van der Waals surface area contributed by atoms with Gasteiger partial charge in [-0.15, -0.1) is 11.6 Å². The molecule has 1 aliphatic rings. The molecule has 1 fully saturated rings. The van der Waals surface area contributed by atoms with E-state index in [4.69, 9.17) is 11.6 Å². The minimum absolute atomic E-state index is 0.138. The van der Waals surface area contributed by atoms with E-state index in [-0.39, 0.29) is 22.6 Å². The van der Waals surface area contributed by atoms with E-state index in [9.17, 15) is 13.2 Å². The number of amides is 1. The van der Waals surface area contributed by atoms with Crippen LogP contribution < -0.4 is 4.90 Å². The van der Waals surface area contributed by atoms with Crippen molar-refractivity contribution in [3.05, 3.63) is 24.3 Å². The highest BCUT2D eigenvalue weighted by molar-refractivity contribution is 7.90. The highest BCUT2D eigenvalue weighted by Crippen LogP contribution is 2.29. The third-order valence-corrected chi connectivity index (χ3v) is 4.07. The number of alkyl halides is 1. The third kappa shape index (κ3) is 2.45. The molecule has 0 bridgehead atoms. The molecule has 0 N–H and O–H groups in total. The van der Waals surface area contributed by atoms with E-state index in [2.05, 4.69) is 0 Å². The van der Waals surface area contributed by atoms with Crippen LogP contribution in [0, 0.1) is 0 Å². The van der Waals surface area contributed by atoms with Gasteiger partial charge in [0.2, 0.25) is 5.91 Å². The number of para-hydroxylation sites is 1. The molecule has 0 aliphatic carbocycles. The van der Waals surface area contributed by atoms with Crippen molar-refractivity contribution in [2.45, 2.75) is 16.7 Å². The maximum atomic E-state index is 11.7. The number of carbonyl (C=O) groups excluding carboxylic acids is 1. The molecule has 1 aliphatic heterocycles. The van der Waals surface area contributed by atoms with Crippen molar-refractivity contribution in [1.29, 1.82) is 0 Å². The zero-order valence-corrected chi connectivity index (χ0v) is 10.8. The Kier molecular flexibility index (Phi) is 3.14. The molecule has 17 heavy (non-hydrogen) atoms. The predicted octanol–water partition coefficient (Wildman–Crippen LogP) is 1.43. The molecule has 1 unspecified atom stereocenters. The molecule has 1 aromatic rings. The van der Waals surface area contributed by atoms with Gasteiger partial charge >= 0.3 is 0 Å². The normalized spacial score (nSPS) is 20.9. The van der Waals surface area contributed by atoms with Crippen LogP contribution in [-0.4, -0.2) is 32.5 Å². The monoisotopic (exact) mass is 273 g/mol. The van der Waals surface area contributed by atoms with Gasteiger partial charge in [-0.3, -0.25) is 4.79 Å². The van der Waals surface area contributed by atoms with E-state index in [1.807, 2.05) is 0 Å². The Balaban J connectivity index is 2.50. The number of benzene rings is 1. The first-order valence-electron chi connectivity index (χ1n) is 5.13. The number of hydrogen-bond donors (Lipinski definition) is 0. The van der Waals surface area contributed by atoms with Crippen LogP contribution in [0.4, 0.5) is 5.69 Å². The lowest BCUT2D eigenvalue weighted by molar-refractivity contribution is -0.117. The Morgan fingerprint density at radius 3 is 2.53 bits per heavy atom. The number of sulfone groups is 1. The molecule has 1 atom stereocenters. The van der Waals surface area contributed by atoms with Gasteiger partial charge in [0, 0.05) is 19.2 Å². The second-order valence-corrected chi connectivity index (χ2v) is 6.65. The van der Waals surface area contributed by atoms with Crippen LogP contribution in [0.15, 0.2) is 29.2 Å². The minimum atomic E-state index is -3.35. The fourth-order valence-electron chi connectivity index (χ4n) is 1.89. The van der Waals surface area contributed by atoms with Crippen LogP contribution in [0.5, 0.6) is 0 Å². The molecule has 0 radical (unpaired) electrons. The first kappa shape index (κ1) is 12.4. The summed E-state index contributed by atoms with van der Waals surface area (Å²) >= 11 is 5.91. The van der Waals surface area contributed by atoms with Crippen LogP contribution >= 0.6 is 11.6 Å². The highest BCUT2D eigenvalue weighted by Gasteiger charge is 2.31. The Labute approximate surface area is 105 Å². The van der Waals surface area contributed by atoms with Gasteiger partial charge in [-0.05, 0) is 12.1 Å². The standard InChI is InChI=1S/C11H12ClNO3S/c1-17(15,16)10-5-3-2-4-9(10)13-7-8(12)6-11(13)14/h2-5,8H,6-7H2,1H3. The molecule has 0 saturated carbocycles. The number of hydrogen-bond acceptors (Lipinski definition) is 3. The Morgan fingerprint density at radius 2 is 2.00 bits per heavy atom. The number of anilines is 1. The van der Waals surface area contributed by atoms with Crippen molar-refractivity contribution in [2.24, 2.45) is 0 Å². The summed E-state index contributed by atoms with van der Waals surface area (Å²) in [5, 5.41) is -0.255. The summed E-state index contributed by atoms with van der Waals surface area (Å²) in [6.45, 7) is 0.354.